The topological polar surface area (TPSA) is 52.6 Å². The van der Waals surface area contributed by atoms with Gasteiger partial charge in [0.1, 0.15) is 0 Å². The maximum Gasteiger partial charge on any atom is 0.228 e. The molecule has 0 aromatic rings. The molecule has 2 rings (SSSR count). The molecule has 0 bridgehead atoms. The smallest absolute Gasteiger partial charge is 0.228 e. The van der Waals surface area contributed by atoms with Crippen LogP contribution in [0.3, 0.4) is 0 Å². The largest absolute Gasteiger partial charge is 0.489 e. The molecule has 2 atom stereocenters. The molecule has 118 valence electrons. The summed E-state index contributed by atoms with van der Waals surface area (Å²) in [5, 5.41) is 0. The Labute approximate surface area is 131 Å². The zero-order chi connectivity index (χ0) is 16.7. The molecule has 4 nitrogen and oxygen atoms in total. The summed E-state index contributed by atoms with van der Waals surface area (Å²) in [5.74, 6) is -0.462. The fourth-order valence-corrected chi connectivity index (χ4v) is 3.42. The zero-order valence-electron chi connectivity index (χ0n) is 13.6. The van der Waals surface area contributed by atoms with E-state index < -0.39 is 0 Å². The van der Waals surface area contributed by atoms with Gasteiger partial charge in [0.15, 0.2) is 0 Å². The minimum absolute atomic E-state index is 0.00563. The van der Waals surface area contributed by atoms with Crippen LogP contribution in [0.2, 0.25) is 0 Å². The van der Waals surface area contributed by atoms with Gasteiger partial charge >= 0.3 is 0 Å². The molecule has 0 radical (unpaired) electrons. The molecule has 0 aliphatic heterocycles. The van der Waals surface area contributed by atoms with Crippen LogP contribution in [0, 0.1) is 11.3 Å². The van der Waals surface area contributed by atoms with Crippen molar-refractivity contribution in [1.29, 1.82) is 0 Å². The van der Waals surface area contributed by atoms with Crippen molar-refractivity contribution in [2.45, 2.75) is 26.7 Å². The van der Waals surface area contributed by atoms with Crippen LogP contribution in [0.25, 0.3) is 0 Å². The Morgan fingerprint density at radius 2 is 1.68 bits per heavy atom. The van der Waals surface area contributed by atoms with Crippen LogP contribution >= 0.6 is 0 Å². The summed E-state index contributed by atoms with van der Waals surface area (Å²) >= 11 is 0. The Balaban J connectivity index is 2.57. The lowest BCUT2D eigenvalue weighted by Crippen LogP contribution is -2.38. The van der Waals surface area contributed by atoms with Gasteiger partial charge in [-0.05, 0) is 31.1 Å². The third-order valence-electron chi connectivity index (χ3n) is 4.76. The van der Waals surface area contributed by atoms with E-state index in [9.17, 15) is 9.59 Å². The predicted octanol–water partition coefficient (Wildman–Crippen LogP) is 3.12. The number of rotatable bonds is 4. The molecule has 0 heterocycles. The fraction of sp³-hybridized carbons (Fsp3) is 0.444. The summed E-state index contributed by atoms with van der Waals surface area (Å²) < 4.78 is 10.2. The third-order valence-corrected chi connectivity index (χ3v) is 4.76. The molecule has 0 unspecified atom stereocenters. The van der Waals surface area contributed by atoms with E-state index in [1.807, 2.05) is 19.9 Å². The molecule has 0 aromatic carbocycles. The summed E-state index contributed by atoms with van der Waals surface area (Å²) in [6.07, 6.45) is 2.79. The summed E-state index contributed by atoms with van der Waals surface area (Å²) in [6.45, 7) is 11.9. The van der Waals surface area contributed by atoms with Crippen LogP contribution in [0.15, 0.2) is 47.5 Å². The van der Waals surface area contributed by atoms with Gasteiger partial charge in [0.25, 0.3) is 0 Å². The molecule has 22 heavy (non-hydrogen) atoms. The number of carbonyl (C=O) groups excluding carboxylic acids is 2. The minimum atomic E-state index is -0.302. The number of ketones is 2. The van der Waals surface area contributed by atoms with E-state index in [0.717, 1.165) is 5.57 Å². The van der Waals surface area contributed by atoms with Gasteiger partial charge in [-0.15, -0.1) is 6.58 Å². The maximum absolute atomic E-state index is 12.7. The molecule has 0 saturated carbocycles. The van der Waals surface area contributed by atoms with E-state index in [1.54, 1.807) is 0 Å². The van der Waals surface area contributed by atoms with E-state index in [4.69, 9.17) is 9.47 Å². The number of Topliss-reactive ketones (excluding diaryl/α,β-unsaturated/α-hetero) is 2. The maximum atomic E-state index is 12.7. The number of allylic oxidation sites excluding steroid dienone is 4. The molecule has 4 heteroatoms. The van der Waals surface area contributed by atoms with E-state index >= 15 is 0 Å². The van der Waals surface area contributed by atoms with Crippen molar-refractivity contribution in [2.24, 2.45) is 11.3 Å². The second-order valence-corrected chi connectivity index (χ2v) is 6.17. The monoisotopic (exact) mass is 302 g/mol. The van der Waals surface area contributed by atoms with Crippen molar-refractivity contribution in [1.82, 2.24) is 0 Å². The van der Waals surface area contributed by atoms with E-state index in [1.165, 1.54) is 14.2 Å². The van der Waals surface area contributed by atoms with Gasteiger partial charge in [0.2, 0.25) is 23.1 Å². The van der Waals surface area contributed by atoms with Gasteiger partial charge in [-0.3, -0.25) is 9.59 Å². The Morgan fingerprint density at radius 3 is 2.09 bits per heavy atom. The van der Waals surface area contributed by atoms with Gasteiger partial charge in [-0.25, -0.2) is 0 Å². The highest BCUT2D eigenvalue weighted by Crippen LogP contribution is 2.50. The standard InChI is InChI=1S/C18H22O4/c1-7-18(4)9-12-11(8-13(18)10(2)3)14(19)16(21-5)17(22-6)15(12)20/h7,13H,1-2,8-9H2,3-6H3/t13-,18-/m1/s1. The molecule has 0 spiro atoms. The minimum Gasteiger partial charge on any atom is -0.489 e. The van der Waals surface area contributed by atoms with Crippen molar-refractivity contribution >= 4 is 11.6 Å². The summed E-state index contributed by atoms with van der Waals surface area (Å²) in [4.78, 5) is 25.3. The molecule has 0 saturated heterocycles. The first-order valence-electron chi connectivity index (χ1n) is 7.23. The highest BCUT2D eigenvalue weighted by molar-refractivity contribution is 6.23. The molecule has 2 aliphatic rings. The SMILES string of the molecule is C=C[C@]1(C)CC2=C(C[C@@H]1C(=C)C)C(=O)C(OC)=C(OC)C2=O. The Hall–Kier alpha value is -2.10. The predicted molar refractivity (Wildman–Crippen MR) is 83.9 cm³/mol. The van der Waals surface area contributed by atoms with Gasteiger partial charge in [-0.2, -0.15) is 0 Å². The number of methoxy groups -OCH3 is 2. The quantitative estimate of drug-likeness (QED) is 0.591. The van der Waals surface area contributed by atoms with Gasteiger partial charge in [0.05, 0.1) is 14.2 Å². The summed E-state index contributed by atoms with van der Waals surface area (Å²) in [7, 11) is 2.75. The number of carbonyl (C=O) groups is 2. The lowest BCUT2D eigenvalue weighted by atomic mass is 9.61. The van der Waals surface area contributed by atoms with Crippen molar-refractivity contribution in [2.75, 3.05) is 14.2 Å². The van der Waals surface area contributed by atoms with Crippen molar-refractivity contribution in [3.05, 3.63) is 47.5 Å². The lowest BCUT2D eigenvalue weighted by molar-refractivity contribution is -0.122. The first kappa shape index (κ1) is 16.3. The highest BCUT2D eigenvalue weighted by Gasteiger charge is 2.46. The number of ether oxygens (including phenoxy) is 2. The Morgan fingerprint density at radius 1 is 1.18 bits per heavy atom. The van der Waals surface area contributed by atoms with Gasteiger partial charge < -0.3 is 9.47 Å². The van der Waals surface area contributed by atoms with Crippen LogP contribution in [-0.2, 0) is 19.1 Å². The first-order valence-corrected chi connectivity index (χ1v) is 7.23. The highest BCUT2D eigenvalue weighted by atomic mass is 16.5. The second-order valence-electron chi connectivity index (χ2n) is 6.17. The summed E-state index contributed by atoms with van der Waals surface area (Å²) in [6, 6.07) is 0. The lowest BCUT2D eigenvalue weighted by Gasteiger charge is -2.42. The number of hydrogen-bond donors (Lipinski definition) is 0. The zero-order valence-corrected chi connectivity index (χ0v) is 13.6. The molecule has 0 fully saturated rings. The van der Waals surface area contributed by atoms with Gasteiger partial charge in [-0.1, -0.05) is 25.2 Å². The number of hydrogen-bond acceptors (Lipinski definition) is 4. The molecular formula is C18H22O4. The van der Waals surface area contributed by atoms with Crippen molar-refractivity contribution < 1.29 is 19.1 Å². The van der Waals surface area contributed by atoms with Crippen LogP contribution in [0.5, 0.6) is 0 Å². The van der Waals surface area contributed by atoms with E-state index in [-0.39, 0.29) is 34.4 Å². The average Bonchev–Trinajstić information content (AvgIpc) is 2.49. The van der Waals surface area contributed by atoms with Crippen LogP contribution in [-0.4, -0.2) is 25.8 Å². The Kier molecular flexibility index (Phi) is 4.14. The molecule has 0 aromatic heterocycles. The fourth-order valence-electron chi connectivity index (χ4n) is 3.42. The summed E-state index contributed by atoms with van der Waals surface area (Å²) in [5.41, 5.74) is 1.72. The molecule has 2 aliphatic carbocycles. The van der Waals surface area contributed by atoms with Crippen LogP contribution in [0.4, 0.5) is 0 Å². The molecular weight excluding hydrogens is 280 g/mol. The van der Waals surface area contributed by atoms with Gasteiger partial charge in [0, 0.05) is 11.1 Å². The third kappa shape index (κ3) is 2.23. The van der Waals surface area contributed by atoms with Crippen molar-refractivity contribution in [3.63, 3.8) is 0 Å². The normalized spacial score (nSPS) is 28.5. The molecule has 0 amide bonds. The van der Waals surface area contributed by atoms with Crippen LogP contribution < -0.4 is 0 Å². The molecule has 0 N–H and O–H groups in total. The van der Waals surface area contributed by atoms with E-state index in [2.05, 4.69) is 13.2 Å². The van der Waals surface area contributed by atoms with E-state index in [0.29, 0.717) is 24.0 Å². The average molecular weight is 302 g/mol. The van der Waals surface area contributed by atoms with Crippen LogP contribution in [0.1, 0.15) is 26.7 Å². The van der Waals surface area contributed by atoms with Crippen molar-refractivity contribution in [3.8, 4) is 0 Å². The Bertz CT molecular complexity index is 635. The first-order chi connectivity index (χ1) is 10.3. The second kappa shape index (κ2) is 5.59.